The summed E-state index contributed by atoms with van der Waals surface area (Å²) in [5.74, 6) is 0. The maximum Gasteiger partial charge on any atom is 0.0437 e. The summed E-state index contributed by atoms with van der Waals surface area (Å²) >= 11 is 1.94. The van der Waals surface area contributed by atoms with Crippen LogP contribution in [0.2, 0.25) is 0 Å². The van der Waals surface area contributed by atoms with Gasteiger partial charge < -0.3 is 0 Å². The molecule has 0 saturated carbocycles. The Morgan fingerprint density at radius 2 is 0.978 bits per heavy atom. The van der Waals surface area contributed by atoms with Crippen LogP contribution in [0.25, 0.3) is 85.9 Å². The van der Waals surface area contributed by atoms with Gasteiger partial charge in [0.1, 0.15) is 0 Å². The van der Waals surface area contributed by atoms with Crippen molar-refractivity contribution < 1.29 is 0 Å². The molecule has 10 rings (SSSR count). The number of rotatable bonds is 2. The molecule has 9 aromatic rings. The van der Waals surface area contributed by atoms with Crippen LogP contribution < -0.4 is 0 Å². The molecule has 0 unspecified atom stereocenters. The zero-order valence-electron chi connectivity index (χ0n) is 25.8. The van der Waals surface area contributed by atoms with Crippen LogP contribution in [0, 0.1) is 0 Å². The summed E-state index contributed by atoms with van der Waals surface area (Å²) in [5, 5.41) is 10.4. The van der Waals surface area contributed by atoms with Crippen molar-refractivity contribution in [3.05, 3.63) is 157 Å². The molecule has 0 aliphatic heterocycles. The van der Waals surface area contributed by atoms with Gasteiger partial charge in [0, 0.05) is 31.2 Å². The van der Waals surface area contributed by atoms with E-state index in [1.807, 2.05) is 11.3 Å². The average Bonchev–Trinajstić information content (AvgIpc) is 3.59. The number of benzene rings is 8. The fourth-order valence-electron chi connectivity index (χ4n) is 8.25. The number of hydrogen-bond donors (Lipinski definition) is 0. The quantitative estimate of drug-likeness (QED) is 0.173. The van der Waals surface area contributed by atoms with Crippen LogP contribution in [0.3, 0.4) is 0 Å². The second-order valence-electron chi connectivity index (χ2n) is 13.3. The molecule has 1 aliphatic carbocycles. The molecule has 0 spiro atoms. The summed E-state index contributed by atoms with van der Waals surface area (Å²) in [6, 6.07) is 54.4. The van der Waals surface area contributed by atoms with E-state index < -0.39 is 0 Å². The van der Waals surface area contributed by atoms with Crippen molar-refractivity contribution in [3.63, 3.8) is 0 Å². The normalized spacial score (nSPS) is 13.6. The predicted octanol–water partition coefficient (Wildman–Crippen LogP) is 13.2. The van der Waals surface area contributed by atoms with Gasteiger partial charge in [0.15, 0.2) is 0 Å². The molecule has 0 bridgehead atoms. The van der Waals surface area contributed by atoms with Crippen LogP contribution in [0.15, 0.2) is 146 Å². The maximum absolute atomic E-state index is 2.50. The topological polar surface area (TPSA) is 0 Å². The van der Waals surface area contributed by atoms with Gasteiger partial charge in [0.25, 0.3) is 0 Å². The van der Waals surface area contributed by atoms with Gasteiger partial charge in [-0.05, 0) is 89.5 Å². The molecule has 0 saturated heterocycles. The minimum absolute atomic E-state index is 0.0956. The molecule has 0 nitrogen and oxygen atoms in total. The lowest BCUT2D eigenvalue weighted by atomic mass is 9.80. The molecule has 0 fully saturated rings. The Kier molecular flexibility index (Phi) is 5.31. The van der Waals surface area contributed by atoms with Gasteiger partial charge in [-0.1, -0.05) is 141 Å². The van der Waals surface area contributed by atoms with Gasteiger partial charge in [-0.25, -0.2) is 0 Å². The van der Waals surface area contributed by atoms with E-state index in [1.54, 1.807) is 0 Å². The largest absolute Gasteiger partial charge is 0.135 e. The molecule has 1 heteroatoms. The summed E-state index contributed by atoms with van der Waals surface area (Å²) in [7, 11) is 0. The third-order valence-corrected chi connectivity index (χ3v) is 11.6. The van der Waals surface area contributed by atoms with Crippen LogP contribution >= 0.6 is 11.3 Å². The smallest absolute Gasteiger partial charge is 0.0437 e. The molecule has 1 heterocycles. The first-order valence-electron chi connectivity index (χ1n) is 16.1. The molecular weight excluding hydrogens is 573 g/mol. The summed E-state index contributed by atoms with van der Waals surface area (Å²) in [4.78, 5) is 0. The van der Waals surface area contributed by atoms with E-state index in [2.05, 4.69) is 159 Å². The van der Waals surface area contributed by atoms with E-state index in [0.717, 1.165) is 0 Å². The lowest BCUT2D eigenvalue weighted by Crippen LogP contribution is -2.15. The van der Waals surface area contributed by atoms with Gasteiger partial charge in [0.05, 0.1) is 0 Å². The van der Waals surface area contributed by atoms with Crippen molar-refractivity contribution in [2.24, 2.45) is 0 Å². The second kappa shape index (κ2) is 9.39. The summed E-state index contributed by atoms with van der Waals surface area (Å²) in [6.45, 7) is 4.80. The highest BCUT2D eigenvalue weighted by Gasteiger charge is 2.37. The van der Waals surface area contributed by atoms with E-state index in [1.165, 1.54) is 97.0 Å². The maximum atomic E-state index is 2.50. The Bertz CT molecular complexity index is 2660. The van der Waals surface area contributed by atoms with Crippen LogP contribution in [-0.2, 0) is 5.41 Å². The van der Waals surface area contributed by atoms with Crippen molar-refractivity contribution in [2.75, 3.05) is 0 Å². The average molecular weight is 603 g/mol. The molecule has 0 atom stereocenters. The van der Waals surface area contributed by atoms with E-state index >= 15 is 0 Å². The molecule has 46 heavy (non-hydrogen) atoms. The fraction of sp³-hybridized carbons (Fsp3) is 0.0667. The van der Waals surface area contributed by atoms with Gasteiger partial charge >= 0.3 is 0 Å². The summed E-state index contributed by atoms with van der Waals surface area (Å²) in [5.41, 5.74) is 10.7. The van der Waals surface area contributed by atoms with Crippen LogP contribution in [0.5, 0.6) is 0 Å². The van der Waals surface area contributed by atoms with Crippen molar-refractivity contribution in [1.29, 1.82) is 0 Å². The number of hydrogen-bond acceptors (Lipinski definition) is 1. The minimum Gasteiger partial charge on any atom is -0.135 e. The summed E-state index contributed by atoms with van der Waals surface area (Å²) < 4.78 is 2.77. The van der Waals surface area contributed by atoms with Gasteiger partial charge in [-0.3, -0.25) is 0 Å². The molecule has 8 aromatic carbocycles. The van der Waals surface area contributed by atoms with Crippen molar-refractivity contribution in [2.45, 2.75) is 19.3 Å². The highest BCUT2D eigenvalue weighted by molar-refractivity contribution is 7.26. The second-order valence-corrected chi connectivity index (χ2v) is 14.3. The number of fused-ring (bicyclic) bond motifs is 10. The number of thiophene rings is 1. The first-order chi connectivity index (χ1) is 22.6. The fourth-order valence-corrected chi connectivity index (χ4v) is 9.52. The van der Waals surface area contributed by atoms with Crippen LogP contribution in [0.1, 0.15) is 25.0 Å². The first-order valence-corrected chi connectivity index (χ1v) is 16.9. The Balaban J connectivity index is 1.24. The highest BCUT2D eigenvalue weighted by atomic mass is 32.1. The lowest BCUT2D eigenvalue weighted by Gasteiger charge is -2.23. The Morgan fingerprint density at radius 1 is 0.413 bits per heavy atom. The predicted molar refractivity (Wildman–Crippen MR) is 200 cm³/mol. The third kappa shape index (κ3) is 3.49. The van der Waals surface area contributed by atoms with Crippen LogP contribution in [-0.4, -0.2) is 0 Å². The molecule has 1 aromatic heterocycles. The minimum atomic E-state index is -0.0956. The van der Waals surface area contributed by atoms with Crippen molar-refractivity contribution in [3.8, 4) is 33.4 Å². The van der Waals surface area contributed by atoms with Gasteiger partial charge in [-0.15, -0.1) is 11.3 Å². The monoisotopic (exact) mass is 602 g/mol. The molecule has 0 radical (unpaired) electrons. The van der Waals surface area contributed by atoms with E-state index in [9.17, 15) is 0 Å². The standard InChI is InChI=1S/C45H30S/c1-45(2)38-24-23-36-31-13-9-10-18-40(31)46-44(36)43(38)37-22-21-30(26-39(37)45)42-34-16-7-5-14-32(34)41(33-15-6-8-17-35(33)42)29-20-19-27-11-3-4-12-28(27)25-29/h3-26H,1-2H3. The van der Waals surface area contributed by atoms with E-state index in [-0.39, 0.29) is 5.41 Å². The molecule has 0 amide bonds. The highest BCUT2D eigenvalue weighted by Crippen LogP contribution is 2.55. The Hall–Kier alpha value is -5.24. The SMILES string of the molecule is CC1(C)c2cc(-c3c4ccccc4c(-c4ccc5ccccc5c4)c4ccccc34)ccc2-c2c1ccc1c2sc2ccccc21. The zero-order valence-corrected chi connectivity index (χ0v) is 26.6. The zero-order chi connectivity index (χ0) is 30.6. The van der Waals surface area contributed by atoms with Crippen LogP contribution in [0.4, 0.5) is 0 Å². The molecule has 0 N–H and O–H groups in total. The molecule has 1 aliphatic rings. The molecular formula is C45H30S. The molecule has 216 valence electrons. The summed E-state index contributed by atoms with van der Waals surface area (Å²) in [6.07, 6.45) is 0. The van der Waals surface area contributed by atoms with Crippen molar-refractivity contribution >= 4 is 63.8 Å². The Morgan fingerprint density at radius 3 is 1.67 bits per heavy atom. The van der Waals surface area contributed by atoms with Crippen molar-refractivity contribution in [1.82, 2.24) is 0 Å². The third-order valence-electron chi connectivity index (χ3n) is 10.4. The van der Waals surface area contributed by atoms with Gasteiger partial charge in [0.2, 0.25) is 0 Å². The van der Waals surface area contributed by atoms with E-state index in [0.29, 0.717) is 0 Å². The Labute approximate surface area is 272 Å². The lowest BCUT2D eigenvalue weighted by molar-refractivity contribution is 0.661. The van der Waals surface area contributed by atoms with Gasteiger partial charge in [-0.2, -0.15) is 0 Å². The first kappa shape index (κ1) is 26.0. The van der Waals surface area contributed by atoms with E-state index in [4.69, 9.17) is 0 Å².